The third-order valence-electron chi connectivity index (χ3n) is 4.65. The van der Waals surface area contributed by atoms with E-state index in [0.29, 0.717) is 13.2 Å². The zero-order chi connectivity index (χ0) is 18.5. The Balaban J connectivity index is 0.00000225. The first-order valence-electron chi connectivity index (χ1n) is 9.21. The second-order valence-corrected chi connectivity index (χ2v) is 6.49. The molecule has 0 aliphatic carbocycles. The maximum Gasteiger partial charge on any atom is 0.191 e. The molecular formula is C21H25IN4O2. The zero-order valence-electron chi connectivity index (χ0n) is 15.8. The van der Waals surface area contributed by atoms with Crippen molar-refractivity contribution in [1.82, 2.24) is 15.6 Å². The van der Waals surface area contributed by atoms with Crippen LogP contribution in [0, 0.1) is 0 Å². The number of rotatable bonds is 5. The van der Waals surface area contributed by atoms with Crippen LogP contribution in [0.4, 0.5) is 0 Å². The number of aromatic nitrogens is 1. The number of para-hydroxylation sites is 3. The Morgan fingerprint density at radius 3 is 2.75 bits per heavy atom. The van der Waals surface area contributed by atoms with Crippen molar-refractivity contribution in [3.8, 4) is 11.5 Å². The summed E-state index contributed by atoms with van der Waals surface area (Å²) in [6.45, 7) is 1.95. The van der Waals surface area contributed by atoms with Crippen LogP contribution in [0.1, 0.15) is 5.56 Å². The highest BCUT2D eigenvalue weighted by molar-refractivity contribution is 14.0. The van der Waals surface area contributed by atoms with Crippen LogP contribution in [-0.2, 0) is 6.42 Å². The summed E-state index contributed by atoms with van der Waals surface area (Å²) in [5.74, 6) is 2.35. The molecule has 1 aliphatic rings. The van der Waals surface area contributed by atoms with Crippen molar-refractivity contribution < 1.29 is 9.47 Å². The molecule has 0 saturated carbocycles. The lowest BCUT2D eigenvalue weighted by Crippen LogP contribution is -2.45. The fourth-order valence-electron chi connectivity index (χ4n) is 3.25. The average molecular weight is 492 g/mol. The van der Waals surface area contributed by atoms with Gasteiger partial charge in [0.2, 0.25) is 0 Å². The van der Waals surface area contributed by atoms with Crippen molar-refractivity contribution in [3.63, 3.8) is 0 Å². The Hall–Kier alpha value is -2.42. The lowest BCUT2D eigenvalue weighted by Gasteiger charge is -2.27. The van der Waals surface area contributed by atoms with Gasteiger partial charge in [0.1, 0.15) is 12.7 Å². The van der Waals surface area contributed by atoms with Gasteiger partial charge in [-0.1, -0.05) is 30.3 Å². The van der Waals surface area contributed by atoms with Gasteiger partial charge >= 0.3 is 0 Å². The number of aromatic amines is 1. The fourth-order valence-corrected chi connectivity index (χ4v) is 3.25. The van der Waals surface area contributed by atoms with Crippen LogP contribution >= 0.6 is 24.0 Å². The molecular weight excluding hydrogens is 467 g/mol. The fraction of sp³-hybridized carbons (Fsp3) is 0.286. The van der Waals surface area contributed by atoms with Crippen molar-refractivity contribution in [3.05, 3.63) is 60.3 Å². The molecule has 0 saturated heterocycles. The number of guanidine groups is 1. The molecule has 6 nitrogen and oxygen atoms in total. The number of hydrogen-bond donors (Lipinski definition) is 3. The second-order valence-electron chi connectivity index (χ2n) is 6.49. The minimum Gasteiger partial charge on any atom is -0.486 e. The third-order valence-corrected chi connectivity index (χ3v) is 4.65. The number of nitrogens with zero attached hydrogens (tertiary/aromatic N) is 1. The maximum atomic E-state index is 5.96. The molecule has 7 heteroatoms. The number of benzene rings is 2. The molecule has 0 fully saturated rings. The van der Waals surface area contributed by atoms with Gasteiger partial charge in [-0.15, -0.1) is 24.0 Å². The molecule has 4 rings (SSSR count). The summed E-state index contributed by atoms with van der Waals surface area (Å²) in [5, 5.41) is 7.94. The lowest BCUT2D eigenvalue weighted by atomic mass is 10.1. The van der Waals surface area contributed by atoms with E-state index in [9.17, 15) is 0 Å². The van der Waals surface area contributed by atoms with Gasteiger partial charge in [-0.2, -0.15) is 0 Å². The Morgan fingerprint density at radius 2 is 1.89 bits per heavy atom. The number of nitrogens with one attached hydrogen (secondary N) is 3. The molecule has 2 aromatic carbocycles. The van der Waals surface area contributed by atoms with E-state index in [2.05, 4.69) is 45.0 Å². The maximum absolute atomic E-state index is 5.96. The van der Waals surface area contributed by atoms with Crippen molar-refractivity contribution in [2.75, 3.05) is 26.7 Å². The Morgan fingerprint density at radius 1 is 1.11 bits per heavy atom. The SMILES string of the molecule is CN=C(NCCc1c[nH]c2ccccc12)NCC1COc2ccccc2O1.I. The summed E-state index contributed by atoms with van der Waals surface area (Å²) >= 11 is 0. The Kier molecular flexibility index (Phi) is 7.02. The summed E-state index contributed by atoms with van der Waals surface area (Å²) in [6, 6.07) is 16.1. The van der Waals surface area contributed by atoms with Crippen LogP contribution in [0.15, 0.2) is 59.7 Å². The average Bonchev–Trinajstić information content (AvgIpc) is 3.13. The standard InChI is InChI=1S/C21H24N4O2.HI/c1-22-21(23-11-10-15-12-24-18-7-3-2-6-17(15)18)25-13-16-14-26-19-8-4-5-9-20(19)27-16;/h2-9,12,16,24H,10-11,13-14H2,1H3,(H2,22,23,25);1H. The topological polar surface area (TPSA) is 70.7 Å². The van der Waals surface area contributed by atoms with Crippen LogP contribution in [0.2, 0.25) is 0 Å². The van der Waals surface area contributed by atoms with Gasteiger partial charge < -0.3 is 25.1 Å². The predicted octanol–water partition coefficient (Wildman–Crippen LogP) is 3.33. The van der Waals surface area contributed by atoms with E-state index in [1.807, 2.05) is 30.3 Å². The largest absolute Gasteiger partial charge is 0.486 e. The quantitative estimate of drug-likeness (QED) is 0.291. The van der Waals surface area contributed by atoms with Crippen LogP contribution < -0.4 is 20.1 Å². The number of fused-ring (bicyclic) bond motifs is 2. The summed E-state index contributed by atoms with van der Waals surface area (Å²) in [7, 11) is 1.77. The summed E-state index contributed by atoms with van der Waals surface area (Å²) < 4.78 is 11.7. The van der Waals surface area contributed by atoms with Crippen LogP contribution in [0.3, 0.4) is 0 Å². The minimum atomic E-state index is -0.0490. The first-order valence-corrected chi connectivity index (χ1v) is 9.21. The van der Waals surface area contributed by atoms with E-state index in [4.69, 9.17) is 9.47 Å². The van der Waals surface area contributed by atoms with Gasteiger partial charge in [0, 0.05) is 30.7 Å². The molecule has 0 bridgehead atoms. The van der Waals surface area contributed by atoms with Gasteiger partial charge in [0.05, 0.1) is 6.54 Å². The van der Waals surface area contributed by atoms with Gasteiger partial charge in [-0.25, -0.2) is 0 Å². The Labute approximate surface area is 181 Å². The number of aliphatic imine (C=N–C) groups is 1. The molecule has 3 aromatic rings. The van der Waals surface area contributed by atoms with E-state index in [-0.39, 0.29) is 30.1 Å². The first kappa shape index (κ1) is 20.3. The van der Waals surface area contributed by atoms with Gasteiger partial charge in [0.15, 0.2) is 17.5 Å². The molecule has 0 amide bonds. The first-order chi connectivity index (χ1) is 13.3. The normalized spacial score (nSPS) is 15.8. The molecule has 1 aromatic heterocycles. The van der Waals surface area contributed by atoms with E-state index < -0.39 is 0 Å². The van der Waals surface area contributed by atoms with Crippen LogP contribution in [-0.4, -0.2) is 43.8 Å². The molecule has 1 aliphatic heterocycles. The Bertz CT molecular complexity index is 941. The molecule has 1 atom stereocenters. The van der Waals surface area contributed by atoms with Gasteiger partial charge in [-0.05, 0) is 30.2 Å². The van der Waals surface area contributed by atoms with Gasteiger partial charge in [-0.3, -0.25) is 4.99 Å². The smallest absolute Gasteiger partial charge is 0.191 e. The summed E-state index contributed by atoms with van der Waals surface area (Å²) in [5.41, 5.74) is 2.47. The van der Waals surface area contributed by atoms with E-state index in [1.165, 1.54) is 16.5 Å². The molecule has 28 heavy (non-hydrogen) atoms. The zero-order valence-corrected chi connectivity index (χ0v) is 18.1. The van der Waals surface area contributed by atoms with Gasteiger partial charge in [0.25, 0.3) is 0 Å². The molecule has 0 spiro atoms. The minimum absolute atomic E-state index is 0. The highest BCUT2D eigenvalue weighted by Gasteiger charge is 2.20. The lowest BCUT2D eigenvalue weighted by molar-refractivity contribution is 0.0936. The highest BCUT2D eigenvalue weighted by atomic mass is 127. The molecule has 0 radical (unpaired) electrons. The van der Waals surface area contributed by atoms with Crippen molar-refractivity contribution in [2.45, 2.75) is 12.5 Å². The van der Waals surface area contributed by atoms with Crippen molar-refractivity contribution >= 4 is 40.8 Å². The van der Waals surface area contributed by atoms with E-state index >= 15 is 0 Å². The molecule has 3 N–H and O–H groups in total. The van der Waals surface area contributed by atoms with E-state index in [1.54, 1.807) is 7.05 Å². The third kappa shape index (κ3) is 4.70. The monoisotopic (exact) mass is 492 g/mol. The number of halogens is 1. The predicted molar refractivity (Wildman–Crippen MR) is 123 cm³/mol. The van der Waals surface area contributed by atoms with E-state index in [0.717, 1.165) is 30.4 Å². The van der Waals surface area contributed by atoms with Crippen molar-refractivity contribution in [1.29, 1.82) is 0 Å². The number of hydrogen-bond acceptors (Lipinski definition) is 3. The highest BCUT2D eigenvalue weighted by Crippen LogP contribution is 2.30. The van der Waals surface area contributed by atoms with Crippen molar-refractivity contribution in [2.24, 2.45) is 4.99 Å². The summed E-state index contributed by atoms with van der Waals surface area (Å²) in [4.78, 5) is 7.60. The number of H-pyrrole nitrogens is 1. The molecule has 2 heterocycles. The summed E-state index contributed by atoms with van der Waals surface area (Å²) in [6.07, 6.45) is 2.95. The number of ether oxygens (including phenoxy) is 2. The molecule has 1 unspecified atom stereocenters. The van der Waals surface area contributed by atoms with Crippen LogP contribution in [0.5, 0.6) is 11.5 Å². The molecule has 148 valence electrons. The van der Waals surface area contributed by atoms with Crippen LogP contribution in [0.25, 0.3) is 10.9 Å². The second kappa shape index (κ2) is 9.68.